The second-order valence-corrected chi connectivity index (χ2v) is 7.65. The van der Waals surface area contributed by atoms with Gasteiger partial charge in [-0.05, 0) is 29.3 Å². The van der Waals surface area contributed by atoms with E-state index in [0.29, 0.717) is 5.13 Å². The van der Waals surface area contributed by atoms with Crippen LogP contribution in [0.15, 0.2) is 65.9 Å². The van der Waals surface area contributed by atoms with Crippen molar-refractivity contribution < 1.29 is 9.59 Å². The number of rotatable bonds is 9. The van der Waals surface area contributed by atoms with E-state index in [0.717, 1.165) is 28.6 Å². The van der Waals surface area contributed by atoms with Crippen molar-refractivity contribution in [1.29, 1.82) is 5.41 Å². The summed E-state index contributed by atoms with van der Waals surface area (Å²) in [7, 11) is 0. The number of carbonyl (C=O) groups is 2. The van der Waals surface area contributed by atoms with Crippen LogP contribution in [-0.4, -0.2) is 40.8 Å². The van der Waals surface area contributed by atoms with Gasteiger partial charge in [0, 0.05) is 42.0 Å². The molecular weight excluding hydrogens is 432 g/mol. The highest BCUT2D eigenvalue weighted by Crippen LogP contribution is 2.28. The number of hydrogen-bond acceptors (Lipinski definition) is 8. The van der Waals surface area contributed by atoms with Gasteiger partial charge in [0.05, 0.1) is 17.8 Å². The van der Waals surface area contributed by atoms with Crippen molar-refractivity contribution in [1.82, 2.24) is 20.0 Å². The quantitative estimate of drug-likeness (QED) is 0.225. The molecule has 0 fully saturated rings. The second-order valence-electron chi connectivity index (χ2n) is 6.15. The van der Waals surface area contributed by atoms with Crippen molar-refractivity contribution in [3.8, 4) is 22.4 Å². The van der Waals surface area contributed by atoms with Crippen LogP contribution < -0.4 is 15.4 Å². The van der Waals surface area contributed by atoms with Crippen LogP contribution in [0.4, 0.5) is 5.13 Å². The number of anilines is 1. The molecular formula is C21H20N6O2S2. The fraction of sp³-hybridized carbons (Fsp3) is 0.0952. The van der Waals surface area contributed by atoms with Crippen molar-refractivity contribution in [2.45, 2.75) is 0 Å². The monoisotopic (exact) mass is 452 g/mol. The van der Waals surface area contributed by atoms with Crippen molar-refractivity contribution in [2.75, 3.05) is 18.1 Å². The molecule has 0 saturated heterocycles. The van der Waals surface area contributed by atoms with E-state index in [4.69, 9.17) is 5.41 Å². The third kappa shape index (κ3) is 6.24. The fourth-order valence-corrected chi connectivity index (χ4v) is 3.57. The number of amides is 2. The predicted octanol–water partition coefficient (Wildman–Crippen LogP) is 3.33. The average molecular weight is 453 g/mol. The second kappa shape index (κ2) is 11.0. The minimum atomic E-state index is -0.514. The first-order valence-corrected chi connectivity index (χ1v) is 11.2. The Labute approximate surface area is 187 Å². The Morgan fingerprint density at radius 3 is 2.68 bits per heavy atom. The summed E-state index contributed by atoms with van der Waals surface area (Å²) in [5, 5.41) is 14.7. The molecule has 0 aliphatic rings. The molecule has 8 nitrogen and oxygen atoms in total. The molecule has 0 saturated carbocycles. The molecule has 10 heteroatoms. The number of aromatic nitrogens is 2. The van der Waals surface area contributed by atoms with Gasteiger partial charge in [0.25, 0.3) is 5.91 Å². The summed E-state index contributed by atoms with van der Waals surface area (Å²) in [6, 6.07) is 11.8. The van der Waals surface area contributed by atoms with Crippen molar-refractivity contribution in [2.24, 2.45) is 0 Å². The zero-order valence-electron chi connectivity index (χ0n) is 16.6. The first kappa shape index (κ1) is 22.2. The number of benzene rings is 1. The molecule has 31 heavy (non-hydrogen) atoms. The minimum Gasteiger partial charge on any atom is -0.343 e. The third-order valence-corrected chi connectivity index (χ3v) is 5.19. The van der Waals surface area contributed by atoms with Gasteiger partial charge >= 0.3 is 0 Å². The molecule has 4 N–H and O–H groups in total. The molecule has 0 bridgehead atoms. The van der Waals surface area contributed by atoms with E-state index in [9.17, 15) is 9.59 Å². The van der Waals surface area contributed by atoms with Gasteiger partial charge in [0.15, 0.2) is 5.13 Å². The van der Waals surface area contributed by atoms with E-state index >= 15 is 0 Å². The lowest BCUT2D eigenvalue weighted by Gasteiger charge is -2.06. The predicted molar refractivity (Wildman–Crippen MR) is 126 cm³/mol. The Kier molecular flexibility index (Phi) is 7.91. The van der Waals surface area contributed by atoms with Gasteiger partial charge in [0.2, 0.25) is 5.91 Å². The van der Waals surface area contributed by atoms with Gasteiger partial charge in [-0.3, -0.25) is 14.6 Å². The molecule has 3 aromatic rings. The summed E-state index contributed by atoms with van der Waals surface area (Å²) in [4.78, 5) is 32.7. The molecule has 3 rings (SSSR count). The molecule has 0 spiro atoms. The molecule has 0 aliphatic heterocycles. The first-order valence-electron chi connectivity index (χ1n) is 9.14. The molecule has 0 radical (unpaired) electrons. The van der Waals surface area contributed by atoms with E-state index in [1.165, 1.54) is 29.5 Å². The number of pyridine rings is 1. The smallest absolute Gasteiger partial charge is 0.254 e. The fourth-order valence-electron chi connectivity index (χ4n) is 2.59. The maximum atomic E-state index is 12.2. The molecule has 2 aromatic heterocycles. The van der Waals surface area contributed by atoms with Gasteiger partial charge in [-0.25, -0.2) is 4.98 Å². The van der Waals surface area contributed by atoms with E-state index in [1.807, 2.05) is 41.8 Å². The van der Waals surface area contributed by atoms with Crippen molar-refractivity contribution >= 4 is 46.4 Å². The highest BCUT2D eigenvalue weighted by Gasteiger charge is 2.12. The summed E-state index contributed by atoms with van der Waals surface area (Å²) < 4.78 is 2.77. The summed E-state index contributed by atoms with van der Waals surface area (Å²) in [6.45, 7) is -0.226. The summed E-state index contributed by atoms with van der Waals surface area (Å²) in [6.07, 6.45) is 7.61. The average Bonchev–Trinajstić information content (AvgIpc) is 3.27. The van der Waals surface area contributed by atoms with Gasteiger partial charge in [-0.15, -0.1) is 11.3 Å². The van der Waals surface area contributed by atoms with E-state index < -0.39 is 11.8 Å². The SMILES string of the molecule is CSN/C=C(\C=N)C(=O)NCC(=O)Nc1nc(-c2cccc(-c3ccncc3)c2)cs1. The normalized spacial score (nSPS) is 10.9. The maximum absolute atomic E-state index is 12.2. The van der Waals surface area contributed by atoms with E-state index in [2.05, 4.69) is 25.3 Å². The Morgan fingerprint density at radius 1 is 1.16 bits per heavy atom. The van der Waals surface area contributed by atoms with Crippen LogP contribution in [0.2, 0.25) is 0 Å². The lowest BCUT2D eigenvalue weighted by atomic mass is 10.0. The standard InChI is InChI=1S/C21H20N6O2S2/c1-30-25-11-17(10-22)20(29)24-12-19(28)27-21-26-18(13-31-21)16-4-2-3-15(9-16)14-5-7-23-8-6-14/h2-11,13,22,25H,12H2,1H3,(H,24,29)(H,26,27,28)/b17-11+,22-10?. The molecule has 1 aromatic carbocycles. The van der Waals surface area contributed by atoms with Crippen LogP contribution >= 0.6 is 23.3 Å². The largest absolute Gasteiger partial charge is 0.343 e. The molecule has 2 heterocycles. The van der Waals surface area contributed by atoms with Crippen LogP contribution in [0.25, 0.3) is 22.4 Å². The Hall–Kier alpha value is -3.50. The highest BCUT2D eigenvalue weighted by atomic mass is 32.2. The number of thiazole rings is 1. The number of nitrogens with one attached hydrogen (secondary N) is 4. The van der Waals surface area contributed by atoms with E-state index in [-0.39, 0.29) is 12.1 Å². The molecule has 0 unspecified atom stereocenters. The van der Waals surface area contributed by atoms with Crippen LogP contribution in [0.1, 0.15) is 0 Å². The number of nitrogens with zero attached hydrogens (tertiary/aromatic N) is 2. The summed E-state index contributed by atoms with van der Waals surface area (Å²) >= 11 is 2.59. The van der Waals surface area contributed by atoms with Gasteiger partial charge in [0.1, 0.15) is 0 Å². The first-order chi connectivity index (χ1) is 15.1. The van der Waals surface area contributed by atoms with Crippen LogP contribution in [0, 0.1) is 5.41 Å². The number of carbonyl (C=O) groups excluding carboxylic acids is 2. The zero-order chi connectivity index (χ0) is 22.1. The molecule has 0 atom stereocenters. The Morgan fingerprint density at radius 2 is 1.94 bits per heavy atom. The lowest BCUT2D eigenvalue weighted by Crippen LogP contribution is -2.34. The van der Waals surface area contributed by atoms with Gasteiger partial charge in [-0.2, -0.15) is 0 Å². The Bertz CT molecular complexity index is 1100. The maximum Gasteiger partial charge on any atom is 0.254 e. The Balaban J connectivity index is 1.61. The minimum absolute atomic E-state index is 0.118. The van der Waals surface area contributed by atoms with Gasteiger partial charge in [-0.1, -0.05) is 30.1 Å². The third-order valence-electron chi connectivity index (χ3n) is 4.08. The van der Waals surface area contributed by atoms with E-state index in [1.54, 1.807) is 18.6 Å². The lowest BCUT2D eigenvalue weighted by molar-refractivity contribution is -0.121. The summed E-state index contributed by atoms with van der Waals surface area (Å²) in [5.41, 5.74) is 3.90. The zero-order valence-corrected chi connectivity index (χ0v) is 18.2. The van der Waals surface area contributed by atoms with Crippen molar-refractivity contribution in [3.05, 3.63) is 65.9 Å². The van der Waals surface area contributed by atoms with Crippen LogP contribution in [-0.2, 0) is 9.59 Å². The molecule has 158 valence electrons. The van der Waals surface area contributed by atoms with Crippen molar-refractivity contribution in [3.63, 3.8) is 0 Å². The van der Waals surface area contributed by atoms with Crippen LogP contribution in [0.5, 0.6) is 0 Å². The molecule has 2 amide bonds. The molecule has 0 aliphatic carbocycles. The van der Waals surface area contributed by atoms with Gasteiger partial charge < -0.3 is 20.8 Å². The number of hydrogen-bond donors (Lipinski definition) is 4. The topological polar surface area (TPSA) is 120 Å². The van der Waals surface area contributed by atoms with Crippen LogP contribution in [0.3, 0.4) is 0 Å². The highest BCUT2D eigenvalue weighted by molar-refractivity contribution is 7.96. The summed E-state index contributed by atoms with van der Waals surface area (Å²) in [5.74, 6) is -0.915.